The minimum absolute atomic E-state index is 0.0289. The van der Waals surface area contributed by atoms with Gasteiger partial charge >= 0.3 is 0 Å². The molecule has 2 N–H and O–H groups in total. The number of hydrogen-bond donors (Lipinski definition) is 2. The molecule has 0 spiro atoms. The topological polar surface area (TPSA) is 41.1 Å². The van der Waals surface area contributed by atoms with Crippen molar-refractivity contribution in [1.29, 1.82) is 0 Å². The molecule has 0 radical (unpaired) electrons. The molecule has 0 saturated carbocycles. The van der Waals surface area contributed by atoms with E-state index in [4.69, 9.17) is 0 Å². The van der Waals surface area contributed by atoms with Crippen LogP contribution in [0.25, 0.3) is 0 Å². The quantitative estimate of drug-likeness (QED) is 0.827. The van der Waals surface area contributed by atoms with Crippen LogP contribution in [-0.2, 0) is 11.2 Å². The van der Waals surface area contributed by atoms with E-state index >= 15 is 0 Å². The van der Waals surface area contributed by atoms with Gasteiger partial charge in [-0.15, -0.1) is 0 Å². The van der Waals surface area contributed by atoms with Gasteiger partial charge in [0.05, 0.1) is 12.1 Å². The monoisotopic (exact) mass is 262 g/mol. The Morgan fingerprint density at radius 1 is 1.11 bits per heavy atom. The third-order valence-electron chi connectivity index (χ3n) is 3.31. The predicted octanol–water partition coefficient (Wildman–Crippen LogP) is 2.67. The van der Waals surface area contributed by atoms with Crippen molar-refractivity contribution in [3.8, 4) is 0 Å². The molecule has 0 aliphatic carbocycles. The molecule has 0 aromatic heterocycles. The smallest absolute Gasteiger partial charge is 0.237 e. The second-order valence-corrected chi connectivity index (χ2v) is 5.58. The fraction of sp³-hybridized carbons (Fsp3) is 0.562. The van der Waals surface area contributed by atoms with Gasteiger partial charge in [0.15, 0.2) is 0 Å². The molecule has 0 heterocycles. The number of carbonyl (C=O) groups excluding carboxylic acids is 1. The Morgan fingerprint density at radius 3 is 2.16 bits per heavy atom. The van der Waals surface area contributed by atoms with E-state index in [0.29, 0.717) is 5.92 Å². The molecule has 106 valence electrons. The summed E-state index contributed by atoms with van der Waals surface area (Å²) in [5, 5.41) is 5.95. The molecule has 1 aromatic rings. The van der Waals surface area contributed by atoms with Gasteiger partial charge in [0.2, 0.25) is 5.91 Å². The molecule has 19 heavy (non-hydrogen) atoms. The molecule has 0 aliphatic rings. The van der Waals surface area contributed by atoms with Crippen molar-refractivity contribution < 1.29 is 4.79 Å². The molecule has 0 saturated heterocycles. The summed E-state index contributed by atoms with van der Waals surface area (Å²) in [6.45, 7) is 8.30. The van der Waals surface area contributed by atoms with E-state index in [1.807, 2.05) is 13.8 Å². The summed E-state index contributed by atoms with van der Waals surface area (Å²) in [6, 6.07) is 8.39. The van der Waals surface area contributed by atoms with Crippen LogP contribution >= 0.6 is 0 Å². The van der Waals surface area contributed by atoms with Crippen LogP contribution in [0.5, 0.6) is 0 Å². The minimum Gasteiger partial charge on any atom is -0.348 e. The van der Waals surface area contributed by atoms with E-state index in [0.717, 1.165) is 12.0 Å². The Morgan fingerprint density at radius 2 is 1.68 bits per heavy atom. The van der Waals surface area contributed by atoms with Crippen LogP contribution in [-0.4, -0.2) is 19.0 Å². The lowest BCUT2D eigenvalue weighted by molar-refractivity contribution is -0.123. The van der Waals surface area contributed by atoms with Gasteiger partial charge in [-0.2, -0.15) is 0 Å². The molecule has 3 heteroatoms. The maximum Gasteiger partial charge on any atom is 0.237 e. The second kappa shape index (κ2) is 7.29. The van der Waals surface area contributed by atoms with E-state index in [1.165, 1.54) is 5.56 Å². The largest absolute Gasteiger partial charge is 0.348 e. The SMILES string of the molecule is CNC(C)C(=O)NC(C)c1ccc(CC(C)C)cc1. The van der Waals surface area contributed by atoms with Gasteiger partial charge in [-0.05, 0) is 44.4 Å². The van der Waals surface area contributed by atoms with Crippen molar-refractivity contribution in [2.45, 2.75) is 46.2 Å². The van der Waals surface area contributed by atoms with E-state index in [1.54, 1.807) is 7.05 Å². The number of carbonyl (C=O) groups is 1. The summed E-state index contributed by atoms with van der Waals surface area (Å²) in [5.74, 6) is 0.695. The highest BCUT2D eigenvalue weighted by molar-refractivity contribution is 5.81. The number of likely N-dealkylation sites (N-methyl/N-ethyl adjacent to an activating group) is 1. The zero-order chi connectivity index (χ0) is 14.4. The van der Waals surface area contributed by atoms with Crippen molar-refractivity contribution in [1.82, 2.24) is 10.6 Å². The highest BCUT2D eigenvalue weighted by Gasteiger charge is 2.14. The number of amides is 1. The van der Waals surface area contributed by atoms with Gasteiger partial charge in [-0.25, -0.2) is 0 Å². The van der Waals surface area contributed by atoms with Crippen molar-refractivity contribution in [2.24, 2.45) is 5.92 Å². The number of benzene rings is 1. The Hall–Kier alpha value is -1.35. The molecule has 1 aromatic carbocycles. The zero-order valence-electron chi connectivity index (χ0n) is 12.7. The summed E-state index contributed by atoms with van der Waals surface area (Å²) < 4.78 is 0. The van der Waals surface area contributed by atoms with Gasteiger partial charge in [0, 0.05) is 0 Å². The van der Waals surface area contributed by atoms with Crippen LogP contribution in [0.1, 0.15) is 44.9 Å². The Kier molecular flexibility index (Phi) is 6.03. The number of rotatable bonds is 6. The van der Waals surface area contributed by atoms with Gasteiger partial charge in [0.25, 0.3) is 0 Å². The molecule has 0 aliphatic heterocycles. The molecule has 0 fully saturated rings. The van der Waals surface area contributed by atoms with Crippen molar-refractivity contribution >= 4 is 5.91 Å². The van der Waals surface area contributed by atoms with Crippen LogP contribution in [0, 0.1) is 5.92 Å². The molecular formula is C16H26N2O. The van der Waals surface area contributed by atoms with Crippen LogP contribution in [0.15, 0.2) is 24.3 Å². The first-order chi connectivity index (χ1) is 8.93. The van der Waals surface area contributed by atoms with Crippen LogP contribution in [0.2, 0.25) is 0 Å². The number of nitrogens with one attached hydrogen (secondary N) is 2. The summed E-state index contributed by atoms with van der Waals surface area (Å²) >= 11 is 0. The fourth-order valence-corrected chi connectivity index (χ4v) is 1.97. The standard InChI is InChI=1S/C16H26N2O/c1-11(2)10-14-6-8-15(9-7-14)12(3)18-16(19)13(4)17-5/h6-9,11-13,17H,10H2,1-5H3,(H,18,19). The van der Waals surface area contributed by atoms with E-state index < -0.39 is 0 Å². The predicted molar refractivity (Wildman–Crippen MR) is 80.1 cm³/mol. The second-order valence-electron chi connectivity index (χ2n) is 5.58. The Balaban J connectivity index is 2.62. The lowest BCUT2D eigenvalue weighted by atomic mass is 10.00. The van der Waals surface area contributed by atoms with Crippen molar-refractivity contribution in [2.75, 3.05) is 7.05 Å². The van der Waals surface area contributed by atoms with Crippen LogP contribution in [0.4, 0.5) is 0 Å². The lowest BCUT2D eigenvalue weighted by Crippen LogP contribution is -2.41. The fourth-order valence-electron chi connectivity index (χ4n) is 1.97. The van der Waals surface area contributed by atoms with Gasteiger partial charge in [0.1, 0.15) is 0 Å². The summed E-state index contributed by atoms with van der Waals surface area (Å²) in [6.07, 6.45) is 1.10. The van der Waals surface area contributed by atoms with Crippen LogP contribution in [0.3, 0.4) is 0 Å². The Bertz CT molecular complexity index is 398. The highest BCUT2D eigenvalue weighted by atomic mass is 16.2. The summed E-state index contributed by atoms with van der Waals surface area (Å²) in [7, 11) is 1.79. The van der Waals surface area contributed by atoms with Crippen molar-refractivity contribution in [3.63, 3.8) is 0 Å². The average Bonchev–Trinajstić information content (AvgIpc) is 2.37. The maximum absolute atomic E-state index is 11.8. The summed E-state index contributed by atoms with van der Waals surface area (Å²) in [4.78, 5) is 11.8. The summed E-state index contributed by atoms with van der Waals surface area (Å²) in [5.41, 5.74) is 2.49. The van der Waals surface area contributed by atoms with Gasteiger partial charge in [-0.1, -0.05) is 38.1 Å². The van der Waals surface area contributed by atoms with Crippen molar-refractivity contribution in [3.05, 3.63) is 35.4 Å². The Labute approximate surface area is 116 Å². The average molecular weight is 262 g/mol. The van der Waals surface area contributed by atoms with Gasteiger partial charge in [-0.3, -0.25) is 4.79 Å². The first-order valence-electron chi connectivity index (χ1n) is 7.00. The first kappa shape index (κ1) is 15.7. The normalized spacial score (nSPS) is 14.2. The highest BCUT2D eigenvalue weighted by Crippen LogP contribution is 2.15. The van der Waals surface area contributed by atoms with E-state index in [2.05, 4.69) is 48.7 Å². The third kappa shape index (κ3) is 5.03. The molecule has 2 atom stereocenters. The molecular weight excluding hydrogens is 236 g/mol. The molecule has 3 nitrogen and oxygen atoms in total. The van der Waals surface area contributed by atoms with Crippen LogP contribution < -0.4 is 10.6 Å². The van der Waals surface area contributed by atoms with E-state index in [-0.39, 0.29) is 18.0 Å². The molecule has 0 bridgehead atoms. The minimum atomic E-state index is -0.164. The van der Waals surface area contributed by atoms with E-state index in [9.17, 15) is 4.79 Å². The molecule has 2 unspecified atom stereocenters. The maximum atomic E-state index is 11.8. The van der Waals surface area contributed by atoms with Gasteiger partial charge < -0.3 is 10.6 Å². The molecule has 1 amide bonds. The molecule has 1 rings (SSSR count). The first-order valence-corrected chi connectivity index (χ1v) is 7.00. The number of hydrogen-bond acceptors (Lipinski definition) is 2. The lowest BCUT2D eigenvalue weighted by Gasteiger charge is -2.18. The zero-order valence-corrected chi connectivity index (χ0v) is 12.7. The third-order valence-corrected chi connectivity index (χ3v) is 3.31.